The summed E-state index contributed by atoms with van der Waals surface area (Å²) < 4.78 is 5.23. The summed E-state index contributed by atoms with van der Waals surface area (Å²) in [7, 11) is 0. The lowest BCUT2D eigenvalue weighted by Gasteiger charge is -2.06. The molecule has 6 nitrogen and oxygen atoms in total. The van der Waals surface area contributed by atoms with Crippen LogP contribution in [0.15, 0.2) is 47.6 Å². The molecule has 0 heterocycles. The number of hydrazone groups is 1. The molecule has 2 aromatic carbocycles. The van der Waals surface area contributed by atoms with E-state index in [4.69, 9.17) is 16.3 Å². The Kier molecular flexibility index (Phi) is 6.45. The normalized spacial score (nSPS) is 10.6. The molecule has 0 aliphatic rings. The average molecular weight is 348 g/mol. The minimum absolute atomic E-state index is 0.0229. The molecule has 0 bridgehead atoms. The number of benzene rings is 2. The monoisotopic (exact) mass is 347 g/mol. The molecule has 0 saturated heterocycles. The first-order valence-corrected chi connectivity index (χ1v) is 7.73. The number of carbonyl (C=O) groups excluding carboxylic acids is 1. The van der Waals surface area contributed by atoms with Crippen LogP contribution >= 0.6 is 11.6 Å². The summed E-state index contributed by atoms with van der Waals surface area (Å²) in [6.45, 7) is 2.37. The number of phenols is 1. The summed E-state index contributed by atoms with van der Waals surface area (Å²) in [5, 5.41) is 17.1. The maximum Gasteiger partial charge on any atom is 0.259 e. The molecule has 1 amide bonds. The van der Waals surface area contributed by atoms with Crippen molar-refractivity contribution >= 4 is 29.4 Å². The minimum atomic E-state index is -0.304. The van der Waals surface area contributed by atoms with E-state index in [1.807, 2.05) is 13.0 Å². The zero-order chi connectivity index (χ0) is 17.4. The highest BCUT2D eigenvalue weighted by molar-refractivity contribution is 6.30. The van der Waals surface area contributed by atoms with Crippen LogP contribution in [-0.4, -0.2) is 30.4 Å². The van der Waals surface area contributed by atoms with Crippen molar-refractivity contribution in [3.05, 3.63) is 53.1 Å². The fraction of sp³-hybridized carbons (Fsp3) is 0.176. The number of amides is 1. The van der Waals surface area contributed by atoms with E-state index in [0.717, 1.165) is 5.69 Å². The zero-order valence-corrected chi connectivity index (χ0v) is 13.9. The Hall–Kier alpha value is -2.73. The largest absolute Gasteiger partial charge is 0.504 e. The number of aromatic hydroxyl groups is 1. The minimum Gasteiger partial charge on any atom is -0.504 e. The van der Waals surface area contributed by atoms with Crippen molar-refractivity contribution in [3.8, 4) is 11.5 Å². The van der Waals surface area contributed by atoms with Gasteiger partial charge in [0, 0.05) is 10.7 Å². The highest BCUT2D eigenvalue weighted by atomic mass is 35.5. The summed E-state index contributed by atoms with van der Waals surface area (Å²) in [6.07, 6.45) is 1.44. The molecule has 2 aromatic rings. The third kappa shape index (κ3) is 5.48. The number of hydrogen-bond acceptors (Lipinski definition) is 5. The van der Waals surface area contributed by atoms with Crippen molar-refractivity contribution in [3.63, 3.8) is 0 Å². The van der Waals surface area contributed by atoms with Crippen LogP contribution in [0.3, 0.4) is 0 Å². The number of nitrogens with one attached hydrogen (secondary N) is 2. The average Bonchev–Trinajstić information content (AvgIpc) is 2.56. The van der Waals surface area contributed by atoms with E-state index in [0.29, 0.717) is 22.9 Å². The molecule has 0 aromatic heterocycles. The van der Waals surface area contributed by atoms with Crippen LogP contribution in [0.4, 0.5) is 5.69 Å². The Labute approximate surface area is 145 Å². The molecule has 7 heteroatoms. The van der Waals surface area contributed by atoms with Crippen molar-refractivity contribution in [2.45, 2.75) is 6.92 Å². The quantitative estimate of drug-likeness (QED) is 0.531. The van der Waals surface area contributed by atoms with Gasteiger partial charge in [-0.2, -0.15) is 5.10 Å². The van der Waals surface area contributed by atoms with Gasteiger partial charge in [0.05, 0.1) is 19.4 Å². The number of carbonyl (C=O) groups is 1. The van der Waals surface area contributed by atoms with E-state index in [9.17, 15) is 9.90 Å². The molecule has 0 radical (unpaired) electrons. The predicted octanol–water partition coefficient (Wildman–Crippen LogP) is 3.01. The Balaban J connectivity index is 1.82. The highest BCUT2D eigenvalue weighted by Crippen LogP contribution is 2.26. The SMILES string of the molecule is CCOc1ccc(C=NNC(=O)CNc2cccc(Cl)c2)cc1O. The van der Waals surface area contributed by atoms with Gasteiger partial charge in [-0.15, -0.1) is 0 Å². The second kappa shape index (κ2) is 8.79. The molecule has 2 rings (SSSR count). The molecule has 0 fully saturated rings. The third-order valence-corrected chi connectivity index (χ3v) is 3.20. The van der Waals surface area contributed by atoms with E-state index >= 15 is 0 Å². The molecule has 0 saturated carbocycles. The van der Waals surface area contributed by atoms with Gasteiger partial charge in [-0.25, -0.2) is 5.43 Å². The summed E-state index contributed by atoms with van der Waals surface area (Å²) in [4.78, 5) is 11.7. The van der Waals surface area contributed by atoms with Gasteiger partial charge in [0.15, 0.2) is 11.5 Å². The lowest BCUT2D eigenvalue weighted by molar-refractivity contribution is -0.119. The Morgan fingerprint density at radius 2 is 2.17 bits per heavy atom. The van der Waals surface area contributed by atoms with E-state index < -0.39 is 0 Å². The van der Waals surface area contributed by atoms with Gasteiger partial charge in [0.2, 0.25) is 0 Å². The topological polar surface area (TPSA) is 83.0 Å². The lowest BCUT2D eigenvalue weighted by atomic mass is 10.2. The molecule has 0 aliphatic carbocycles. The predicted molar refractivity (Wildman–Crippen MR) is 95.0 cm³/mol. The van der Waals surface area contributed by atoms with Crippen molar-refractivity contribution < 1.29 is 14.6 Å². The summed E-state index contributed by atoms with van der Waals surface area (Å²) in [6, 6.07) is 12.0. The smallest absolute Gasteiger partial charge is 0.259 e. The molecule has 0 aliphatic heterocycles. The zero-order valence-electron chi connectivity index (χ0n) is 13.1. The Morgan fingerprint density at radius 3 is 2.88 bits per heavy atom. The number of phenolic OH excluding ortho intramolecular Hbond substituents is 1. The van der Waals surface area contributed by atoms with E-state index in [1.54, 1.807) is 30.3 Å². The Bertz CT molecular complexity index is 735. The number of nitrogens with zero attached hydrogens (tertiary/aromatic N) is 1. The number of rotatable bonds is 7. The van der Waals surface area contributed by atoms with Crippen LogP contribution in [-0.2, 0) is 4.79 Å². The third-order valence-electron chi connectivity index (χ3n) is 2.96. The lowest BCUT2D eigenvalue weighted by Crippen LogP contribution is -2.25. The van der Waals surface area contributed by atoms with Crippen LogP contribution in [0.5, 0.6) is 11.5 Å². The van der Waals surface area contributed by atoms with Gasteiger partial charge in [-0.3, -0.25) is 4.79 Å². The van der Waals surface area contributed by atoms with Crippen molar-refractivity contribution in [2.24, 2.45) is 5.10 Å². The second-order valence-electron chi connectivity index (χ2n) is 4.82. The van der Waals surface area contributed by atoms with Crippen LogP contribution in [0.1, 0.15) is 12.5 Å². The van der Waals surface area contributed by atoms with Gasteiger partial charge in [0.1, 0.15) is 0 Å². The fourth-order valence-corrected chi connectivity index (χ4v) is 2.08. The van der Waals surface area contributed by atoms with Gasteiger partial charge in [-0.1, -0.05) is 17.7 Å². The molecule has 0 spiro atoms. The number of halogens is 1. The van der Waals surface area contributed by atoms with Crippen LogP contribution < -0.4 is 15.5 Å². The maximum absolute atomic E-state index is 11.7. The first-order chi connectivity index (χ1) is 11.6. The summed E-state index contributed by atoms with van der Waals surface area (Å²) in [5.41, 5.74) is 3.78. The van der Waals surface area contributed by atoms with E-state index in [1.165, 1.54) is 12.3 Å². The van der Waals surface area contributed by atoms with Crippen LogP contribution in [0.25, 0.3) is 0 Å². The highest BCUT2D eigenvalue weighted by Gasteiger charge is 2.03. The summed E-state index contributed by atoms with van der Waals surface area (Å²) in [5.74, 6) is 0.126. The number of hydrogen-bond donors (Lipinski definition) is 3. The van der Waals surface area contributed by atoms with Gasteiger partial charge in [0.25, 0.3) is 5.91 Å². The van der Waals surface area contributed by atoms with E-state index in [2.05, 4.69) is 15.8 Å². The van der Waals surface area contributed by atoms with Crippen molar-refractivity contribution in [1.29, 1.82) is 0 Å². The second-order valence-corrected chi connectivity index (χ2v) is 5.25. The van der Waals surface area contributed by atoms with Crippen molar-refractivity contribution in [2.75, 3.05) is 18.5 Å². The van der Waals surface area contributed by atoms with Crippen LogP contribution in [0, 0.1) is 0 Å². The van der Waals surface area contributed by atoms with Crippen molar-refractivity contribution in [1.82, 2.24) is 5.43 Å². The fourth-order valence-electron chi connectivity index (χ4n) is 1.89. The summed E-state index contributed by atoms with van der Waals surface area (Å²) >= 11 is 5.86. The standard InChI is InChI=1S/C17H18ClN3O3/c1-2-24-16-7-6-12(8-15(16)22)10-20-21-17(23)11-19-14-5-3-4-13(18)9-14/h3-10,19,22H,2,11H2,1H3,(H,21,23). The molecule has 126 valence electrons. The molecule has 0 atom stereocenters. The van der Waals surface area contributed by atoms with E-state index in [-0.39, 0.29) is 18.2 Å². The molecule has 0 unspecified atom stereocenters. The Morgan fingerprint density at radius 1 is 1.33 bits per heavy atom. The van der Waals surface area contributed by atoms with Gasteiger partial charge >= 0.3 is 0 Å². The molecular weight excluding hydrogens is 330 g/mol. The molecule has 3 N–H and O–H groups in total. The first kappa shape index (κ1) is 17.6. The van der Waals surface area contributed by atoms with Gasteiger partial charge < -0.3 is 15.2 Å². The maximum atomic E-state index is 11.7. The van der Waals surface area contributed by atoms with Gasteiger partial charge in [-0.05, 0) is 48.9 Å². The molecule has 24 heavy (non-hydrogen) atoms. The van der Waals surface area contributed by atoms with Crippen LogP contribution in [0.2, 0.25) is 5.02 Å². The first-order valence-electron chi connectivity index (χ1n) is 7.35. The molecular formula is C17H18ClN3O3. The number of ether oxygens (including phenoxy) is 1. The number of anilines is 1.